The van der Waals surface area contributed by atoms with Gasteiger partial charge in [0.15, 0.2) is 0 Å². The summed E-state index contributed by atoms with van der Waals surface area (Å²) >= 11 is 0. The number of hydrogen-bond acceptors (Lipinski definition) is 5. The van der Waals surface area contributed by atoms with Crippen LogP contribution < -0.4 is 11.0 Å². The number of pyridine rings is 1. The van der Waals surface area contributed by atoms with Crippen molar-refractivity contribution < 1.29 is 14.7 Å². The van der Waals surface area contributed by atoms with E-state index in [4.69, 9.17) is 5.11 Å². The van der Waals surface area contributed by atoms with E-state index >= 15 is 0 Å². The number of hydrazine groups is 2. The van der Waals surface area contributed by atoms with Crippen LogP contribution in [0, 0.1) is 0 Å². The zero-order chi connectivity index (χ0) is 27.3. The Morgan fingerprint density at radius 1 is 1.00 bits per heavy atom. The van der Waals surface area contributed by atoms with Crippen molar-refractivity contribution in [1.82, 2.24) is 21.0 Å². The molecule has 3 N–H and O–H groups in total. The van der Waals surface area contributed by atoms with E-state index in [1.165, 1.54) is 16.7 Å². The molecule has 0 bridgehead atoms. The number of carbonyl (C=O) groups excluding carboxylic acids is 1. The number of carboxylic acid groups (broad SMARTS) is 1. The second-order valence-electron chi connectivity index (χ2n) is 11.1. The lowest BCUT2D eigenvalue weighted by atomic mass is 9.86. The molecule has 4 rings (SSSR count). The van der Waals surface area contributed by atoms with Crippen molar-refractivity contribution in [1.29, 1.82) is 0 Å². The van der Waals surface area contributed by atoms with Crippen LogP contribution in [0.15, 0.2) is 66.9 Å². The third-order valence-electron chi connectivity index (χ3n) is 7.23. The first kappa shape index (κ1) is 27.5. The number of nitrogens with zero attached hydrogens (tertiary/aromatic N) is 2. The maximum Gasteiger partial charge on any atom is 0.309 e. The van der Waals surface area contributed by atoms with Crippen molar-refractivity contribution in [3.63, 3.8) is 0 Å². The van der Waals surface area contributed by atoms with Gasteiger partial charge in [-0.05, 0) is 59.4 Å². The molecule has 1 aliphatic heterocycles. The predicted octanol–water partition coefficient (Wildman–Crippen LogP) is 4.85. The molecule has 0 radical (unpaired) electrons. The first-order valence-corrected chi connectivity index (χ1v) is 13.3. The Hall–Kier alpha value is -3.55. The van der Waals surface area contributed by atoms with Crippen molar-refractivity contribution in [3.05, 3.63) is 89.2 Å². The average Bonchev–Trinajstić information content (AvgIpc) is 3.27. The van der Waals surface area contributed by atoms with Gasteiger partial charge in [0.1, 0.15) is 6.04 Å². The Bertz CT molecular complexity index is 1230. The number of hydrogen-bond donors (Lipinski definition) is 3. The SMILES string of the molecule is CCC1C(=O)NNN1C(CCc1ccc(C(C)(C)C)cc1)Cc1ccc(-c2ccc(CC(=O)O)nc2)cc1. The third-order valence-corrected chi connectivity index (χ3v) is 7.23. The number of aromatic nitrogens is 1. The number of amides is 1. The van der Waals surface area contributed by atoms with Gasteiger partial charge in [-0.15, -0.1) is 0 Å². The molecule has 7 nitrogen and oxygen atoms in total. The minimum absolute atomic E-state index is 0.0150. The largest absolute Gasteiger partial charge is 0.481 e. The topological polar surface area (TPSA) is 94.6 Å². The Balaban J connectivity index is 1.48. The van der Waals surface area contributed by atoms with E-state index in [1.54, 1.807) is 12.3 Å². The highest BCUT2D eigenvalue weighted by molar-refractivity contribution is 5.82. The number of aliphatic carboxylic acids is 1. The normalized spacial score (nSPS) is 16.8. The van der Waals surface area contributed by atoms with E-state index in [0.29, 0.717) is 5.69 Å². The molecule has 1 fully saturated rings. The van der Waals surface area contributed by atoms with Gasteiger partial charge in [-0.3, -0.25) is 20.0 Å². The maximum atomic E-state index is 12.4. The number of carboxylic acids is 1. The van der Waals surface area contributed by atoms with E-state index in [2.05, 4.69) is 90.3 Å². The quantitative estimate of drug-likeness (QED) is 0.358. The molecule has 2 atom stereocenters. The zero-order valence-corrected chi connectivity index (χ0v) is 22.7. The molecular weight excluding hydrogens is 476 g/mol. The van der Waals surface area contributed by atoms with Gasteiger partial charge in [-0.2, -0.15) is 5.53 Å². The summed E-state index contributed by atoms with van der Waals surface area (Å²) < 4.78 is 0. The summed E-state index contributed by atoms with van der Waals surface area (Å²) in [6.45, 7) is 8.71. The molecule has 1 amide bonds. The van der Waals surface area contributed by atoms with Crippen LogP contribution in [0.1, 0.15) is 62.9 Å². The molecule has 0 aliphatic carbocycles. The van der Waals surface area contributed by atoms with E-state index < -0.39 is 5.97 Å². The van der Waals surface area contributed by atoms with Crippen molar-refractivity contribution >= 4 is 11.9 Å². The number of rotatable bonds is 10. The first-order valence-electron chi connectivity index (χ1n) is 13.3. The molecule has 3 aromatic rings. The minimum Gasteiger partial charge on any atom is -0.481 e. The lowest BCUT2D eigenvalue weighted by Gasteiger charge is -2.30. The predicted molar refractivity (Wildman–Crippen MR) is 149 cm³/mol. The maximum absolute atomic E-state index is 12.4. The van der Waals surface area contributed by atoms with Crippen molar-refractivity contribution in [2.75, 3.05) is 0 Å². The van der Waals surface area contributed by atoms with Gasteiger partial charge < -0.3 is 5.11 Å². The molecule has 2 aromatic carbocycles. The summed E-state index contributed by atoms with van der Waals surface area (Å²) in [7, 11) is 0. The molecular formula is C31H38N4O3. The lowest BCUT2D eigenvalue weighted by molar-refractivity contribution is -0.136. The van der Waals surface area contributed by atoms with Crippen molar-refractivity contribution in [2.24, 2.45) is 0 Å². The Labute approximate surface area is 225 Å². The van der Waals surface area contributed by atoms with Crippen LogP contribution in [0.4, 0.5) is 0 Å². The zero-order valence-electron chi connectivity index (χ0n) is 22.7. The molecule has 38 heavy (non-hydrogen) atoms. The van der Waals surface area contributed by atoms with Crippen molar-refractivity contribution in [3.8, 4) is 11.1 Å². The molecule has 200 valence electrons. The van der Waals surface area contributed by atoms with Crippen molar-refractivity contribution in [2.45, 2.75) is 77.3 Å². The molecule has 1 saturated heterocycles. The van der Waals surface area contributed by atoms with E-state index in [-0.39, 0.29) is 29.8 Å². The van der Waals surface area contributed by atoms with Gasteiger partial charge >= 0.3 is 5.97 Å². The summed E-state index contributed by atoms with van der Waals surface area (Å²) in [5, 5.41) is 11.0. The second-order valence-corrected chi connectivity index (χ2v) is 11.1. The molecule has 1 aliphatic rings. The van der Waals surface area contributed by atoms with Crippen LogP contribution in [0.3, 0.4) is 0 Å². The highest BCUT2D eigenvalue weighted by Gasteiger charge is 2.35. The summed E-state index contributed by atoms with van der Waals surface area (Å²) in [6, 6.07) is 20.9. The Morgan fingerprint density at radius 3 is 2.24 bits per heavy atom. The van der Waals surface area contributed by atoms with Gasteiger partial charge in [-0.1, -0.05) is 82.3 Å². The van der Waals surface area contributed by atoms with Crippen LogP contribution in [-0.2, 0) is 34.3 Å². The number of benzene rings is 2. The second kappa shape index (κ2) is 11.9. The van der Waals surface area contributed by atoms with E-state index in [0.717, 1.165) is 36.8 Å². The first-order chi connectivity index (χ1) is 18.1. The fourth-order valence-corrected chi connectivity index (χ4v) is 4.94. The molecule has 0 spiro atoms. The summed E-state index contributed by atoms with van der Waals surface area (Å²) in [5.41, 5.74) is 12.4. The molecule has 2 unspecified atom stereocenters. The third kappa shape index (κ3) is 6.85. The summed E-state index contributed by atoms with van der Waals surface area (Å²) in [5.74, 6) is -0.873. The van der Waals surface area contributed by atoms with Gasteiger partial charge in [0.2, 0.25) is 0 Å². The smallest absolute Gasteiger partial charge is 0.309 e. The van der Waals surface area contributed by atoms with Crippen LogP contribution >= 0.6 is 0 Å². The van der Waals surface area contributed by atoms with Gasteiger partial charge in [0.25, 0.3) is 5.91 Å². The average molecular weight is 515 g/mol. The number of carbonyl (C=O) groups is 2. The molecule has 7 heteroatoms. The highest BCUT2D eigenvalue weighted by atomic mass is 16.4. The monoisotopic (exact) mass is 514 g/mol. The molecule has 2 heterocycles. The number of aryl methyl sites for hydroxylation is 1. The molecule has 0 saturated carbocycles. The lowest BCUT2D eigenvalue weighted by Crippen LogP contribution is -2.48. The fraction of sp³-hybridized carbons (Fsp3) is 0.387. The fourth-order valence-electron chi connectivity index (χ4n) is 4.94. The van der Waals surface area contributed by atoms with E-state index in [1.807, 2.05) is 13.0 Å². The van der Waals surface area contributed by atoms with Crippen LogP contribution in [0.2, 0.25) is 0 Å². The summed E-state index contributed by atoms with van der Waals surface area (Å²) in [6.07, 6.45) is 5.00. The van der Waals surface area contributed by atoms with E-state index in [9.17, 15) is 9.59 Å². The van der Waals surface area contributed by atoms with Gasteiger partial charge in [0, 0.05) is 17.8 Å². The van der Waals surface area contributed by atoms with Gasteiger partial charge in [-0.25, -0.2) is 5.01 Å². The van der Waals surface area contributed by atoms with Gasteiger partial charge in [0.05, 0.1) is 12.1 Å². The van der Waals surface area contributed by atoms with Crippen LogP contribution in [0.25, 0.3) is 11.1 Å². The van der Waals surface area contributed by atoms with Crippen LogP contribution in [-0.4, -0.2) is 39.1 Å². The van der Waals surface area contributed by atoms with Crippen LogP contribution in [0.5, 0.6) is 0 Å². The standard InChI is InChI=1S/C31H38N4O3/c1-5-28-30(38)33-34-35(28)27(17-10-21-8-14-25(15-9-21)31(2,3)4)18-22-6-11-23(12-7-22)24-13-16-26(32-20-24)19-29(36)37/h6-9,11-16,20,27-28,34H,5,10,17-19H2,1-4H3,(H,33,38)(H,36,37). The molecule has 1 aromatic heterocycles. The highest BCUT2D eigenvalue weighted by Crippen LogP contribution is 2.25. The Kier molecular flexibility index (Phi) is 8.59. The summed E-state index contributed by atoms with van der Waals surface area (Å²) in [4.78, 5) is 27.6. The number of nitrogens with one attached hydrogen (secondary N) is 2. The Morgan fingerprint density at radius 2 is 1.66 bits per heavy atom. The minimum atomic E-state index is -0.888.